The van der Waals surface area contributed by atoms with Crippen LogP contribution in [0.1, 0.15) is 219 Å². The number of carbonyl (C=O) groups excluding carboxylic acids is 2. The van der Waals surface area contributed by atoms with Crippen LogP contribution in [0.2, 0.25) is 0 Å². The SMILES string of the molecule is CC/C=C\C/C=C\C/C=C\C/C=C\CCCCCCCCCCCCC(=O)OCC(COP(=O)(O)O)OC(=O)CCCCCCCCCCCC/C=C\C/C=C\C/C=C\C/C=C\CC. The summed E-state index contributed by atoms with van der Waals surface area (Å²) in [5.41, 5.74) is 0. The van der Waals surface area contributed by atoms with Crippen molar-refractivity contribution in [3.05, 3.63) is 97.2 Å². The van der Waals surface area contributed by atoms with Gasteiger partial charge in [0.25, 0.3) is 0 Å². The number of carbonyl (C=O) groups is 2. The van der Waals surface area contributed by atoms with E-state index in [0.29, 0.717) is 12.8 Å². The predicted molar refractivity (Wildman–Crippen MR) is 271 cm³/mol. The predicted octanol–water partition coefficient (Wildman–Crippen LogP) is 16.5. The van der Waals surface area contributed by atoms with Crippen molar-refractivity contribution in [2.75, 3.05) is 13.2 Å². The molecule has 0 saturated carbocycles. The van der Waals surface area contributed by atoms with E-state index in [4.69, 9.17) is 19.3 Å². The van der Waals surface area contributed by atoms with Gasteiger partial charge in [-0.15, -0.1) is 0 Å². The van der Waals surface area contributed by atoms with Gasteiger partial charge in [0.1, 0.15) is 6.61 Å². The first-order valence-corrected chi connectivity index (χ1v) is 27.1. The molecule has 0 aliphatic carbocycles. The quantitative estimate of drug-likeness (QED) is 0.0268. The highest BCUT2D eigenvalue weighted by molar-refractivity contribution is 7.46. The summed E-state index contributed by atoms with van der Waals surface area (Å²) < 4.78 is 26.6. The Morgan fingerprint density at radius 2 is 0.703 bits per heavy atom. The molecule has 8 nitrogen and oxygen atoms in total. The number of esters is 2. The summed E-state index contributed by atoms with van der Waals surface area (Å²) in [5, 5.41) is 0. The number of rotatable bonds is 46. The smallest absolute Gasteiger partial charge is 0.462 e. The maximum atomic E-state index is 12.5. The van der Waals surface area contributed by atoms with Crippen molar-refractivity contribution in [3.8, 4) is 0 Å². The molecule has 0 amide bonds. The molecule has 0 aromatic carbocycles. The number of hydrogen-bond acceptors (Lipinski definition) is 6. The first-order valence-electron chi connectivity index (χ1n) is 25.5. The van der Waals surface area contributed by atoms with Crippen LogP contribution in [0.5, 0.6) is 0 Å². The second-order valence-corrected chi connectivity index (χ2v) is 18.0. The van der Waals surface area contributed by atoms with Crippen molar-refractivity contribution in [3.63, 3.8) is 0 Å². The number of unbranched alkanes of at least 4 members (excludes halogenated alkanes) is 20. The van der Waals surface area contributed by atoms with Crippen molar-refractivity contribution in [2.24, 2.45) is 0 Å². The Kier molecular flexibility index (Phi) is 47.1. The van der Waals surface area contributed by atoms with Gasteiger partial charge < -0.3 is 19.3 Å². The van der Waals surface area contributed by atoms with Crippen LogP contribution >= 0.6 is 7.82 Å². The van der Waals surface area contributed by atoms with Crippen molar-refractivity contribution < 1.29 is 37.9 Å². The Morgan fingerprint density at radius 3 is 1.05 bits per heavy atom. The van der Waals surface area contributed by atoms with Gasteiger partial charge >= 0.3 is 19.8 Å². The number of phosphoric acid groups is 1. The highest BCUT2D eigenvalue weighted by atomic mass is 31.2. The van der Waals surface area contributed by atoms with Gasteiger partial charge in [0, 0.05) is 12.8 Å². The monoisotopic (exact) mass is 913 g/mol. The minimum atomic E-state index is -4.77. The van der Waals surface area contributed by atoms with Crippen molar-refractivity contribution >= 4 is 19.8 Å². The summed E-state index contributed by atoms with van der Waals surface area (Å²) in [7, 11) is -4.77. The van der Waals surface area contributed by atoms with Crippen molar-refractivity contribution in [1.29, 1.82) is 0 Å². The van der Waals surface area contributed by atoms with Crippen LogP contribution in [-0.4, -0.2) is 41.0 Å². The molecule has 9 heteroatoms. The maximum absolute atomic E-state index is 12.5. The van der Waals surface area contributed by atoms with Gasteiger partial charge in [-0.3, -0.25) is 14.1 Å². The molecule has 366 valence electrons. The molecule has 1 atom stereocenters. The van der Waals surface area contributed by atoms with E-state index in [1.54, 1.807) is 0 Å². The Labute approximate surface area is 392 Å². The summed E-state index contributed by atoms with van der Waals surface area (Å²) in [6.07, 6.45) is 68.5. The lowest BCUT2D eigenvalue weighted by molar-refractivity contribution is -0.161. The molecule has 1 unspecified atom stereocenters. The standard InChI is InChI=1S/C55H93O8P/c1-3-5-7-9-11-13-15-17-19-21-23-25-27-29-31-33-35-37-39-41-43-45-47-49-54(56)61-51-53(52-62-64(58,59)60)63-55(57)50-48-46-44-42-40-38-36-34-32-30-28-26-24-22-20-18-16-14-12-10-8-6-4-2/h5-8,11-14,17-20,23-26,53H,3-4,9-10,15-16,21-22,27-52H2,1-2H3,(H2,58,59,60)/b7-5-,8-6-,13-11-,14-12-,19-17-,20-18-,25-23-,26-24-. The molecule has 0 aliphatic heterocycles. The lowest BCUT2D eigenvalue weighted by Gasteiger charge is -2.18. The third-order valence-corrected chi connectivity index (χ3v) is 11.1. The van der Waals surface area contributed by atoms with Gasteiger partial charge in [0.2, 0.25) is 0 Å². The van der Waals surface area contributed by atoms with E-state index in [1.165, 1.54) is 77.0 Å². The molecule has 2 N–H and O–H groups in total. The molecular formula is C55H93O8P. The average Bonchev–Trinajstić information content (AvgIpc) is 3.27. The molecule has 0 radical (unpaired) electrons. The molecular weight excluding hydrogens is 820 g/mol. The first-order chi connectivity index (χ1) is 31.3. The van der Waals surface area contributed by atoms with E-state index in [-0.39, 0.29) is 19.4 Å². The number of phosphoric ester groups is 1. The minimum Gasteiger partial charge on any atom is -0.462 e. The fraction of sp³-hybridized carbons (Fsp3) is 0.673. The Morgan fingerprint density at radius 1 is 0.406 bits per heavy atom. The van der Waals surface area contributed by atoms with Crippen LogP contribution in [0.4, 0.5) is 0 Å². The highest BCUT2D eigenvalue weighted by Crippen LogP contribution is 2.36. The van der Waals surface area contributed by atoms with Crippen LogP contribution in [0.3, 0.4) is 0 Å². The molecule has 0 aromatic rings. The Balaban J connectivity index is 3.85. The van der Waals surface area contributed by atoms with Crippen LogP contribution in [0.25, 0.3) is 0 Å². The van der Waals surface area contributed by atoms with Gasteiger partial charge in [0.15, 0.2) is 6.10 Å². The van der Waals surface area contributed by atoms with Gasteiger partial charge in [-0.2, -0.15) is 0 Å². The number of hydrogen-bond donors (Lipinski definition) is 2. The van der Waals surface area contributed by atoms with E-state index in [9.17, 15) is 14.2 Å². The largest absolute Gasteiger partial charge is 0.469 e. The van der Waals surface area contributed by atoms with E-state index in [0.717, 1.165) is 103 Å². The summed E-state index contributed by atoms with van der Waals surface area (Å²) >= 11 is 0. The van der Waals surface area contributed by atoms with Gasteiger partial charge in [-0.05, 0) is 89.9 Å². The van der Waals surface area contributed by atoms with Crippen LogP contribution < -0.4 is 0 Å². The van der Waals surface area contributed by atoms with Gasteiger partial charge in [0.05, 0.1) is 6.61 Å². The molecule has 0 saturated heterocycles. The molecule has 0 spiro atoms. The molecule has 0 rings (SSSR count). The maximum Gasteiger partial charge on any atom is 0.469 e. The molecule has 0 bridgehead atoms. The van der Waals surface area contributed by atoms with Crippen LogP contribution in [0, 0.1) is 0 Å². The van der Waals surface area contributed by atoms with Crippen LogP contribution in [-0.2, 0) is 28.2 Å². The third kappa shape index (κ3) is 51.6. The molecule has 0 fully saturated rings. The Bertz CT molecular complexity index is 1350. The van der Waals surface area contributed by atoms with Crippen LogP contribution in [0.15, 0.2) is 97.2 Å². The fourth-order valence-corrected chi connectivity index (χ4v) is 7.25. The zero-order valence-corrected chi connectivity index (χ0v) is 41.5. The summed E-state index contributed by atoms with van der Waals surface area (Å²) in [6.45, 7) is 3.47. The highest BCUT2D eigenvalue weighted by Gasteiger charge is 2.23. The first kappa shape index (κ1) is 61.0. The van der Waals surface area contributed by atoms with E-state index >= 15 is 0 Å². The molecule has 0 heterocycles. The third-order valence-electron chi connectivity index (χ3n) is 10.6. The normalized spacial score (nSPS) is 13.2. The van der Waals surface area contributed by atoms with Gasteiger partial charge in [-0.1, -0.05) is 214 Å². The molecule has 0 aromatic heterocycles. The second-order valence-electron chi connectivity index (χ2n) is 16.7. The van der Waals surface area contributed by atoms with E-state index < -0.39 is 32.5 Å². The van der Waals surface area contributed by atoms with E-state index in [1.807, 2.05) is 0 Å². The molecule has 0 aliphatic rings. The van der Waals surface area contributed by atoms with Crippen molar-refractivity contribution in [2.45, 2.75) is 225 Å². The minimum absolute atomic E-state index is 0.201. The zero-order valence-electron chi connectivity index (χ0n) is 40.6. The lowest BCUT2D eigenvalue weighted by atomic mass is 10.0. The summed E-state index contributed by atoms with van der Waals surface area (Å²) in [5.74, 6) is -0.896. The van der Waals surface area contributed by atoms with Crippen molar-refractivity contribution in [1.82, 2.24) is 0 Å². The topological polar surface area (TPSA) is 119 Å². The lowest BCUT2D eigenvalue weighted by Crippen LogP contribution is -2.29. The Hall–Kier alpha value is -3.03. The second kappa shape index (κ2) is 49.4. The number of ether oxygens (including phenoxy) is 2. The fourth-order valence-electron chi connectivity index (χ4n) is 6.89. The summed E-state index contributed by atoms with van der Waals surface area (Å²) in [4.78, 5) is 43.2. The van der Waals surface area contributed by atoms with Gasteiger partial charge in [-0.25, -0.2) is 4.57 Å². The zero-order chi connectivity index (χ0) is 46.7. The molecule has 64 heavy (non-hydrogen) atoms. The summed E-state index contributed by atoms with van der Waals surface area (Å²) in [6, 6.07) is 0. The number of allylic oxidation sites excluding steroid dienone is 16. The average molecular weight is 913 g/mol. The van der Waals surface area contributed by atoms with E-state index in [2.05, 4.69) is 116 Å².